The molecule has 0 spiro atoms. The van der Waals surface area contributed by atoms with Gasteiger partial charge in [-0.2, -0.15) is 0 Å². The van der Waals surface area contributed by atoms with E-state index in [4.69, 9.17) is 14.4 Å². The number of anilines is 1. The molecular formula is C19H28BNO4. The summed E-state index contributed by atoms with van der Waals surface area (Å²) in [7, 11) is -0.333. The van der Waals surface area contributed by atoms with Crippen LogP contribution in [0.25, 0.3) is 0 Å². The minimum absolute atomic E-state index is 0.286. The van der Waals surface area contributed by atoms with Crippen LogP contribution in [0.15, 0.2) is 24.3 Å². The molecule has 2 aliphatic rings. The summed E-state index contributed by atoms with van der Waals surface area (Å²) in [6.45, 7) is 10.1. The van der Waals surface area contributed by atoms with Gasteiger partial charge in [0, 0.05) is 25.2 Å². The lowest BCUT2D eigenvalue weighted by Gasteiger charge is -2.33. The van der Waals surface area contributed by atoms with Crippen LogP contribution in [-0.4, -0.2) is 42.5 Å². The van der Waals surface area contributed by atoms with Crippen LogP contribution in [0.4, 0.5) is 5.69 Å². The zero-order chi connectivity index (χ0) is 18.2. The number of carboxylic acid groups (broad SMARTS) is 1. The molecule has 2 saturated heterocycles. The smallest absolute Gasteiger partial charge is 0.481 e. The fourth-order valence-electron chi connectivity index (χ4n) is 3.46. The van der Waals surface area contributed by atoms with Crippen LogP contribution in [0.2, 0.25) is 0 Å². The van der Waals surface area contributed by atoms with E-state index in [0.717, 1.165) is 31.4 Å². The van der Waals surface area contributed by atoms with Crippen molar-refractivity contribution in [3.8, 4) is 0 Å². The second-order valence-corrected chi connectivity index (χ2v) is 8.21. The van der Waals surface area contributed by atoms with E-state index in [1.54, 1.807) is 0 Å². The Labute approximate surface area is 150 Å². The van der Waals surface area contributed by atoms with Gasteiger partial charge in [0.25, 0.3) is 0 Å². The largest absolute Gasteiger partial charge is 0.494 e. The molecule has 5 nitrogen and oxygen atoms in total. The molecule has 3 rings (SSSR count). The molecule has 0 aromatic heterocycles. The lowest BCUT2D eigenvalue weighted by atomic mass is 9.79. The number of carbonyl (C=O) groups is 1. The van der Waals surface area contributed by atoms with Crippen molar-refractivity contribution in [1.29, 1.82) is 0 Å². The first-order chi connectivity index (χ1) is 11.7. The average molecular weight is 345 g/mol. The summed E-state index contributed by atoms with van der Waals surface area (Å²) >= 11 is 0. The number of aliphatic carboxylic acids is 1. The number of hydrogen-bond donors (Lipinski definition) is 1. The van der Waals surface area contributed by atoms with Gasteiger partial charge in [-0.1, -0.05) is 12.1 Å². The lowest BCUT2D eigenvalue weighted by molar-refractivity contribution is -0.138. The van der Waals surface area contributed by atoms with E-state index in [2.05, 4.69) is 56.9 Å². The lowest BCUT2D eigenvalue weighted by Crippen LogP contribution is -2.41. The molecule has 0 unspecified atom stereocenters. The standard InChI is InChI=1S/C19H28BNO4/c1-18(2)19(3,4)25-20(24-18)15-5-7-16(8-6-15)21-11-9-14(10-12-21)13-17(22)23/h5-8,14H,9-13H2,1-4H3,(H,22,23). The van der Waals surface area contributed by atoms with Gasteiger partial charge in [0.15, 0.2) is 0 Å². The SMILES string of the molecule is CC1(C)OB(c2ccc(N3CCC(CC(=O)O)CC3)cc2)OC1(C)C. The van der Waals surface area contributed by atoms with E-state index in [-0.39, 0.29) is 24.7 Å². The number of carboxylic acids is 1. The Balaban J connectivity index is 1.61. The number of nitrogens with zero attached hydrogens (tertiary/aromatic N) is 1. The molecule has 0 radical (unpaired) electrons. The number of benzene rings is 1. The second-order valence-electron chi connectivity index (χ2n) is 8.21. The zero-order valence-corrected chi connectivity index (χ0v) is 15.6. The molecule has 2 aliphatic heterocycles. The molecule has 0 amide bonds. The van der Waals surface area contributed by atoms with Gasteiger partial charge in [-0.05, 0) is 64.1 Å². The van der Waals surface area contributed by atoms with E-state index in [1.807, 2.05) is 0 Å². The molecule has 1 aromatic rings. The fraction of sp³-hybridized carbons (Fsp3) is 0.632. The van der Waals surface area contributed by atoms with Crippen LogP contribution in [-0.2, 0) is 14.1 Å². The minimum atomic E-state index is -0.690. The van der Waals surface area contributed by atoms with E-state index in [1.165, 1.54) is 5.69 Å². The van der Waals surface area contributed by atoms with Crippen LogP contribution in [0.5, 0.6) is 0 Å². The normalized spacial score (nSPS) is 23.0. The predicted octanol–water partition coefficient (Wildman–Crippen LogP) is 2.68. The van der Waals surface area contributed by atoms with Crippen LogP contribution in [0, 0.1) is 5.92 Å². The molecule has 6 heteroatoms. The summed E-state index contributed by atoms with van der Waals surface area (Å²) in [6.07, 6.45) is 2.16. The maximum atomic E-state index is 10.8. The van der Waals surface area contributed by atoms with Crippen molar-refractivity contribution >= 4 is 24.2 Å². The van der Waals surface area contributed by atoms with E-state index < -0.39 is 5.97 Å². The maximum Gasteiger partial charge on any atom is 0.494 e. The van der Waals surface area contributed by atoms with Crippen LogP contribution in [0.1, 0.15) is 47.0 Å². The van der Waals surface area contributed by atoms with Gasteiger partial charge in [-0.15, -0.1) is 0 Å². The fourth-order valence-corrected chi connectivity index (χ4v) is 3.46. The van der Waals surface area contributed by atoms with Crippen molar-refractivity contribution in [3.05, 3.63) is 24.3 Å². The Bertz CT molecular complexity index is 605. The van der Waals surface area contributed by atoms with Gasteiger partial charge in [0.2, 0.25) is 0 Å². The predicted molar refractivity (Wildman–Crippen MR) is 99.3 cm³/mol. The molecule has 1 N–H and O–H groups in total. The molecule has 0 aliphatic carbocycles. The summed E-state index contributed by atoms with van der Waals surface area (Å²) in [5, 5.41) is 8.92. The first kappa shape index (κ1) is 18.3. The first-order valence-corrected chi connectivity index (χ1v) is 9.10. The van der Waals surface area contributed by atoms with Gasteiger partial charge in [-0.3, -0.25) is 4.79 Å². The number of hydrogen-bond acceptors (Lipinski definition) is 4. The second kappa shape index (κ2) is 6.65. The van der Waals surface area contributed by atoms with Gasteiger partial charge >= 0.3 is 13.1 Å². The first-order valence-electron chi connectivity index (χ1n) is 9.10. The topological polar surface area (TPSA) is 59.0 Å². The highest BCUT2D eigenvalue weighted by molar-refractivity contribution is 6.62. The third kappa shape index (κ3) is 3.85. The van der Waals surface area contributed by atoms with Crippen LogP contribution >= 0.6 is 0 Å². The molecular weight excluding hydrogens is 317 g/mol. The Morgan fingerprint density at radius 1 is 1.12 bits per heavy atom. The molecule has 136 valence electrons. The molecule has 0 atom stereocenters. The summed E-state index contributed by atoms with van der Waals surface area (Å²) in [5.41, 5.74) is 1.54. The van der Waals surface area contributed by atoms with Gasteiger partial charge in [0.05, 0.1) is 11.2 Å². The molecule has 2 heterocycles. The average Bonchev–Trinajstić information content (AvgIpc) is 2.76. The Morgan fingerprint density at radius 3 is 2.12 bits per heavy atom. The summed E-state index contributed by atoms with van der Waals surface area (Å²) in [5.74, 6) is -0.386. The molecule has 1 aromatic carbocycles. The highest BCUT2D eigenvalue weighted by Gasteiger charge is 2.51. The monoisotopic (exact) mass is 345 g/mol. The Kier molecular flexibility index (Phi) is 4.86. The van der Waals surface area contributed by atoms with E-state index in [0.29, 0.717) is 5.92 Å². The Morgan fingerprint density at radius 2 is 1.64 bits per heavy atom. The van der Waals surface area contributed by atoms with Crippen molar-refractivity contribution in [3.63, 3.8) is 0 Å². The van der Waals surface area contributed by atoms with Crippen molar-refractivity contribution in [2.75, 3.05) is 18.0 Å². The summed E-state index contributed by atoms with van der Waals surface area (Å²) in [4.78, 5) is 13.2. The highest BCUT2D eigenvalue weighted by Crippen LogP contribution is 2.36. The quantitative estimate of drug-likeness (QED) is 0.851. The van der Waals surface area contributed by atoms with Crippen LogP contribution < -0.4 is 10.4 Å². The minimum Gasteiger partial charge on any atom is -0.481 e. The molecule has 0 bridgehead atoms. The summed E-state index contributed by atoms with van der Waals surface area (Å²) < 4.78 is 12.2. The van der Waals surface area contributed by atoms with E-state index >= 15 is 0 Å². The third-order valence-electron chi connectivity index (χ3n) is 5.86. The maximum absolute atomic E-state index is 10.8. The van der Waals surface area contributed by atoms with Gasteiger partial charge in [0.1, 0.15) is 0 Å². The zero-order valence-electron chi connectivity index (χ0n) is 15.6. The summed E-state index contributed by atoms with van der Waals surface area (Å²) in [6, 6.07) is 8.36. The van der Waals surface area contributed by atoms with Gasteiger partial charge < -0.3 is 19.3 Å². The van der Waals surface area contributed by atoms with Gasteiger partial charge in [-0.25, -0.2) is 0 Å². The Hall–Kier alpha value is -1.53. The molecule has 25 heavy (non-hydrogen) atoms. The number of piperidine rings is 1. The van der Waals surface area contributed by atoms with Crippen LogP contribution in [0.3, 0.4) is 0 Å². The van der Waals surface area contributed by atoms with Crippen molar-refractivity contribution < 1.29 is 19.2 Å². The highest BCUT2D eigenvalue weighted by atomic mass is 16.7. The van der Waals surface area contributed by atoms with Crippen molar-refractivity contribution in [2.24, 2.45) is 5.92 Å². The third-order valence-corrected chi connectivity index (χ3v) is 5.86. The van der Waals surface area contributed by atoms with E-state index in [9.17, 15) is 4.79 Å². The number of rotatable bonds is 4. The molecule has 2 fully saturated rings. The van der Waals surface area contributed by atoms with Crippen molar-refractivity contribution in [2.45, 2.75) is 58.2 Å². The molecule has 0 saturated carbocycles. The van der Waals surface area contributed by atoms with Crippen molar-refractivity contribution in [1.82, 2.24) is 0 Å².